The smallest absolute Gasteiger partial charge is 0.391 e. The van der Waals surface area contributed by atoms with Gasteiger partial charge in [-0.25, -0.2) is 0 Å². The minimum atomic E-state index is -2.94. The van der Waals surface area contributed by atoms with Crippen molar-refractivity contribution in [2.24, 2.45) is 0 Å². The molecule has 0 aliphatic carbocycles. The van der Waals surface area contributed by atoms with Gasteiger partial charge in [0, 0.05) is 11.1 Å². The summed E-state index contributed by atoms with van der Waals surface area (Å²) < 4.78 is 0. The molecule has 0 aliphatic heterocycles. The second-order valence-corrected chi connectivity index (χ2v) is 24.9. The Kier molecular flexibility index (Phi) is 9.73. The Balaban J connectivity index is 0.000000646. The number of benzene rings is 2. The van der Waals surface area contributed by atoms with Gasteiger partial charge in [0.2, 0.25) is 0 Å². The first-order valence-electron chi connectivity index (χ1n) is 8.87. The number of halogens is 4. The van der Waals surface area contributed by atoms with Crippen LogP contribution in [0.5, 0.6) is 0 Å². The van der Waals surface area contributed by atoms with E-state index in [2.05, 4.69) is 102 Å². The first-order chi connectivity index (χ1) is 12.2. The van der Waals surface area contributed by atoms with Crippen LogP contribution in [-0.2, 0) is 0 Å². The van der Waals surface area contributed by atoms with Gasteiger partial charge < -0.3 is 40.2 Å². The van der Waals surface area contributed by atoms with Crippen LogP contribution >= 0.6 is 47.7 Å². The van der Waals surface area contributed by atoms with Gasteiger partial charge in [-0.3, -0.25) is 0 Å². The molecule has 0 nitrogen and oxygen atoms in total. The van der Waals surface area contributed by atoms with Gasteiger partial charge in [-0.2, -0.15) is 0 Å². The molecule has 0 aromatic heterocycles. The van der Waals surface area contributed by atoms with Crippen molar-refractivity contribution in [2.75, 3.05) is 0 Å². The predicted molar refractivity (Wildman–Crippen MR) is 132 cm³/mol. The molecule has 0 saturated carbocycles. The topological polar surface area (TPSA) is 0 Å². The first kappa shape index (κ1) is 25.3. The summed E-state index contributed by atoms with van der Waals surface area (Å²) in [5.74, 6) is 0. The molecule has 0 heterocycles. The van der Waals surface area contributed by atoms with Gasteiger partial charge in [-0.05, 0) is 41.5 Å². The fourth-order valence-corrected chi connectivity index (χ4v) is 7.46. The molecule has 2 aromatic rings. The molecule has 2 aromatic carbocycles. The largest absolute Gasteiger partial charge is 0.564 e. The Hall–Kier alpha value is 0.302. The molecule has 0 atom stereocenters. The summed E-state index contributed by atoms with van der Waals surface area (Å²) in [5, 5.41) is 2.04. The fraction of sp³-hybridized carbons (Fsp3) is 0.381. The van der Waals surface area contributed by atoms with E-state index in [0.29, 0.717) is 0 Å². The van der Waals surface area contributed by atoms with Gasteiger partial charge in [-0.15, -0.1) is 0 Å². The quantitative estimate of drug-likeness (QED) is 0.298. The summed E-state index contributed by atoms with van der Waals surface area (Å²) in [6.07, 6.45) is 0. The third kappa shape index (κ3) is 9.56. The third-order valence-electron chi connectivity index (χ3n) is 3.66. The van der Waals surface area contributed by atoms with E-state index in [1.165, 1.54) is 16.4 Å². The van der Waals surface area contributed by atoms with Crippen molar-refractivity contribution in [1.82, 2.24) is 0 Å². The van der Waals surface area contributed by atoms with E-state index in [4.69, 9.17) is 40.2 Å². The van der Waals surface area contributed by atoms with E-state index in [-0.39, 0.29) is 17.9 Å². The molecule has 0 unspecified atom stereocenters. The molecule has 0 bridgehead atoms. The van der Waals surface area contributed by atoms with Crippen LogP contribution in [0.1, 0.15) is 52.7 Å². The molecule has 0 aliphatic rings. The van der Waals surface area contributed by atoms with Gasteiger partial charge in [0.25, 0.3) is 0 Å². The Labute approximate surface area is 185 Å². The SMILES string of the molecule is CC(C)(C)[P+](=C(c1ccccc1)c1ccccc1)C(C)(C)C.[Cl][Al-]([Cl])([Cl])[Cl]. The van der Waals surface area contributed by atoms with E-state index in [9.17, 15) is 0 Å². The van der Waals surface area contributed by atoms with E-state index in [1.54, 1.807) is 0 Å². The van der Waals surface area contributed by atoms with E-state index in [1.807, 2.05) is 0 Å². The highest BCUT2D eigenvalue weighted by Gasteiger charge is 2.43. The summed E-state index contributed by atoms with van der Waals surface area (Å²) in [4.78, 5) is 0. The maximum atomic E-state index is 4.99. The van der Waals surface area contributed by atoms with Crippen LogP contribution < -0.4 is 0 Å². The summed E-state index contributed by atoms with van der Waals surface area (Å²) >= 11 is 0. The zero-order valence-electron chi connectivity index (χ0n) is 16.8. The third-order valence-corrected chi connectivity index (χ3v) is 7.31. The highest BCUT2D eigenvalue weighted by molar-refractivity contribution is 7.81. The average molecular weight is 480 g/mol. The zero-order valence-corrected chi connectivity index (χ0v) is 21.9. The van der Waals surface area contributed by atoms with Gasteiger partial charge in [0.1, 0.15) is 17.9 Å². The van der Waals surface area contributed by atoms with Crippen LogP contribution in [0, 0.1) is 0 Å². The maximum absolute atomic E-state index is 4.99. The van der Waals surface area contributed by atoms with Crippen molar-refractivity contribution in [3.63, 3.8) is 0 Å². The highest BCUT2D eigenvalue weighted by Crippen LogP contribution is 2.53. The molecular formula is C21H28AlCl4P. The Morgan fingerprint density at radius 3 is 1.11 bits per heavy atom. The summed E-state index contributed by atoms with van der Waals surface area (Å²) in [7, 11) is 16.7. The van der Waals surface area contributed by atoms with Crippen molar-refractivity contribution >= 4 is 62.4 Å². The van der Waals surface area contributed by atoms with Crippen molar-refractivity contribution in [1.29, 1.82) is 0 Å². The number of hydrogen-bond acceptors (Lipinski definition) is 0. The lowest BCUT2D eigenvalue weighted by molar-refractivity contribution is 0.721. The lowest BCUT2D eigenvalue weighted by Crippen LogP contribution is -2.25. The summed E-state index contributed by atoms with van der Waals surface area (Å²) in [5.41, 5.74) is 2.73. The molecule has 2 rings (SSSR count). The van der Waals surface area contributed by atoms with Crippen molar-refractivity contribution < 1.29 is 0 Å². The van der Waals surface area contributed by atoms with Gasteiger partial charge in [-0.1, -0.05) is 60.7 Å². The molecule has 27 heavy (non-hydrogen) atoms. The lowest BCUT2D eigenvalue weighted by atomic mass is 10.1. The summed E-state index contributed by atoms with van der Waals surface area (Å²) in [6, 6.07) is 21.8. The number of hydrogen-bond donors (Lipinski definition) is 0. The predicted octanol–water partition coefficient (Wildman–Crippen LogP) is 8.71. The zero-order chi connectivity index (χ0) is 20.9. The second-order valence-electron chi connectivity index (χ2n) is 8.25. The van der Waals surface area contributed by atoms with Crippen molar-refractivity contribution in [3.8, 4) is 0 Å². The van der Waals surface area contributed by atoms with Crippen LogP contribution in [0.2, 0.25) is 0 Å². The molecule has 0 saturated heterocycles. The van der Waals surface area contributed by atoms with Crippen molar-refractivity contribution in [2.45, 2.75) is 51.9 Å². The fourth-order valence-electron chi connectivity index (χ4n) is 3.29. The second kappa shape index (κ2) is 10.4. The average Bonchev–Trinajstić information content (AvgIpc) is 2.50. The maximum Gasteiger partial charge on any atom is 0.564 e. The molecular weight excluding hydrogens is 452 g/mol. The standard InChI is InChI=1S/C21H28P.Al.4ClH/c1-20(2,3)22(21(4,5)6)19(17-13-9-7-10-14-17)18-15-11-8-12-16-18;;;;;/h7-16H,1-6H3;;4*1H/q+1;+3;;;;/p-4. The van der Waals surface area contributed by atoms with Gasteiger partial charge in [0.05, 0.1) is 0 Å². The monoisotopic (exact) mass is 478 g/mol. The van der Waals surface area contributed by atoms with Crippen LogP contribution in [0.15, 0.2) is 60.7 Å². The van der Waals surface area contributed by atoms with E-state index < -0.39 is 9.39 Å². The van der Waals surface area contributed by atoms with Gasteiger partial charge >= 0.3 is 9.39 Å². The van der Waals surface area contributed by atoms with Crippen molar-refractivity contribution in [3.05, 3.63) is 71.8 Å². The van der Waals surface area contributed by atoms with E-state index in [0.717, 1.165) is 0 Å². The van der Waals surface area contributed by atoms with E-state index >= 15 is 0 Å². The summed E-state index contributed by atoms with van der Waals surface area (Å²) in [6.45, 7) is 14.3. The molecule has 0 N–H and O–H groups in total. The Bertz CT molecular complexity index is 676. The van der Waals surface area contributed by atoms with Crippen LogP contribution in [0.3, 0.4) is 0 Å². The molecule has 0 fully saturated rings. The molecule has 0 spiro atoms. The van der Waals surface area contributed by atoms with Crippen LogP contribution in [-0.4, -0.2) is 25.0 Å². The van der Waals surface area contributed by atoms with Crippen LogP contribution in [0.4, 0.5) is 0 Å². The molecule has 0 amide bonds. The Morgan fingerprint density at radius 1 is 0.630 bits per heavy atom. The molecule has 148 valence electrons. The normalized spacial score (nSPS) is 12.1. The lowest BCUT2D eigenvalue weighted by Gasteiger charge is -2.26. The minimum absolute atomic E-state index is 0.259. The molecule has 6 heteroatoms. The Morgan fingerprint density at radius 2 is 0.889 bits per heavy atom. The molecule has 0 radical (unpaired) electrons. The first-order valence-corrected chi connectivity index (χ1v) is 17.2. The van der Waals surface area contributed by atoms with Gasteiger partial charge in [0.15, 0.2) is 5.29 Å². The number of rotatable bonds is 2. The van der Waals surface area contributed by atoms with Crippen LogP contribution in [0.25, 0.3) is 0 Å². The minimum Gasteiger partial charge on any atom is -0.391 e. The highest BCUT2D eigenvalue weighted by atomic mass is 35.9.